The molecule has 7 heteroatoms. The van der Waals surface area contributed by atoms with Crippen LogP contribution in [-0.2, 0) is 11.3 Å². The monoisotopic (exact) mass is 478 g/mol. The Kier molecular flexibility index (Phi) is 8.21. The zero-order chi connectivity index (χ0) is 23.9. The fraction of sp³-hybridized carbons (Fsp3) is 0.333. The summed E-state index contributed by atoms with van der Waals surface area (Å²) in [5, 5.41) is 14.0. The van der Waals surface area contributed by atoms with Crippen LogP contribution in [0, 0.1) is 0 Å². The molecule has 0 radical (unpaired) electrons. The number of benzene rings is 3. The molecule has 0 saturated carbocycles. The van der Waals surface area contributed by atoms with Crippen molar-refractivity contribution in [3.63, 3.8) is 0 Å². The topological polar surface area (TPSA) is 73.6 Å². The second-order valence-electron chi connectivity index (χ2n) is 8.43. The first-order valence-electron chi connectivity index (χ1n) is 11.5. The lowest BCUT2D eigenvalue weighted by atomic mass is 10.1. The molecule has 34 heavy (non-hydrogen) atoms. The van der Waals surface area contributed by atoms with Crippen molar-refractivity contribution in [1.82, 2.24) is 9.55 Å². The summed E-state index contributed by atoms with van der Waals surface area (Å²) in [6, 6.07) is 21.3. The molecule has 1 N–H and O–H groups in total. The minimum Gasteiger partial charge on any atom is -0.491 e. The van der Waals surface area contributed by atoms with Crippen LogP contribution < -0.4 is 10.3 Å². The molecule has 1 aromatic heterocycles. The molecular weight excluding hydrogens is 448 g/mol. The first-order valence-corrected chi connectivity index (χ1v) is 12.5. The average molecular weight is 479 g/mol. The molecule has 6 nitrogen and oxygen atoms in total. The molecule has 0 spiro atoms. The molecule has 0 aliphatic carbocycles. The minimum absolute atomic E-state index is 0.0699. The fourth-order valence-corrected chi connectivity index (χ4v) is 4.60. The van der Waals surface area contributed by atoms with Gasteiger partial charge in [-0.05, 0) is 55.3 Å². The molecular formula is C27H30N2O4S. The van der Waals surface area contributed by atoms with Gasteiger partial charge in [0.2, 0.25) is 0 Å². The molecule has 0 fully saturated rings. The van der Waals surface area contributed by atoms with E-state index in [-0.39, 0.29) is 18.3 Å². The van der Waals surface area contributed by atoms with Crippen molar-refractivity contribution >= 4 is 33.4 Å². The zero-order valence-corrected chi connectivity index (χ0v) is 20.3. The third-order valence-electron chi connectivity index (χ3n) is 5.37. The number of para-hydroxylation sites is 1. The molecule has 1 heterocycles. The Hall–Kier alpha value is -2.87. The number of rotatable bonds is 11. The lowest BCUT2D eigenvalue weighted by Gasteiger charge is -2.16. The highest BCUT2D eigenvalue weighted by Gasteiger charge is 2.14. The standard InChI is InChI=1S/C27H30N2O4S/c1-19(2)32-15-7-14-29-26(31)24-10-5-6-11-25(24)28-27(29)34-18-22(30)17-33-23-13-12-20-8-3-4-9-21(20)16-23/h3-6,8-13,16,19,22,30H,7,14-15,17-18H2,1-2H3. The van der Waals surface area contributed by atoms with Gasteiger partial charge in [-0.1, -0.05) is 54.2 Å². The van der Waals surface area contributed by atoms with E-state index < -0.39 is 6.10 Å². The van der Waals surface area contributed by atoms with Crippen molar-refractivity contribution in [2.45, 2.75) is 44.2 Å². The summed E-state index contributed by atoms with van der Waals surface area (Å²) in [4.78, 5) is 17.8. The normalized spacial score (nSPS) is 12.5. The first-order chi connectivity index (χ1) is 16.5. The number of nitrogens with zero attached hydrogens (tertiary/aromatic N) is 2. The predicted molar refractivity (Wildman–Crippen MR) is 138 cm³/mol. The van der Waals surface area contributed by atoms with Gasteiger partial charge < -0.3 is 14.6 Å². The Bertz CT molecular complexity index is 1300. The minimum atomic E-state index is -0.711. The summed E-state index contributed by atoms with van der Waals surface area (Å²) in [7, 11) is 0. The Morgan fingerprint density at radius 3 is 2.62 bits per heavy atom. The summed E-state index contributed by atoms with van der Waals surface area (Å²) in [6.45, 7) is 5.23. The van der Waals surface area contributed by atoms with Gasteiger partial charge in [-0.15, -0.1) is 0 Å². The molecule has 1 unspecified atom stereocenters. The second-order valence-corrected chi connectivity index (χ2v) is 9.41. The molecule has 0 aliphatic heterocycles. The van der Waals surface area contributed by atoms with Gasteiger partial charge in [0, 0.05) is 18.9 Å². The average Bonchev–Trinajstić information content (AvgIpc) is 2.85. The summed E-state index contributed by atoms with van der Waals surface area (Å²) < 4.78 is 13.1. The summed E-state index contributed by atoms with van der Waals surface area (Å²) in [5.41, 5.74) is 0.589. The summed E-state index contributed by atoms with van der Waals surface area (Å²) in [5.74, 6) is 1.08. The van der Waals surface area contributed by atoms with Gasteiger partial charge in [0.05, 0.1) is 23.1 Å². The number of hydrogen-bond donors (Lipinski definition) is 1. The van der Waals surface area contributed by atoms with Gasteiger partial charge >= 0.3 is 0 Å². The van der Waals surface area contributed by atoms with Crippen LogP contribution in [0.25, 0.3) is 21.7 Å². The van der Waals surface area contributed by atoms with Crippen LogP contribution in [0.5, 0.6) is 5.75 Å². The molecule has 0 bridgehead atoms. The number of fused-ring (bicyclic) bond motifs is 2. The number of thioether (sulfide) groups is 1. The van der Waals surface area contributed by atoms with Crippen molar-refractivity contribution in [3.05, 3.63) is 77.1 Å². The van der Waals surface area contributed by atoms with Crippen LogP contribution in [-0.4, -0.2) is 45.8 Å². The van der Waals surface area contributed by atoms with Crippen LogP contribution >= 0.6 is 11.8 Å². The van der Waals surface area contributed by atoms with Crippen molar-refractivity contribution in [2.24, 2.45) is 0 Å². The smallest absolute Gasteiger partial charge is 0.262 e. The van der Waals surface area contributed by atoms with Crippen LogP contribution in [0.3, 0.4) is 0 Å². The third kappa shape index (κ3) is 6.17. The van der Waals surface area contributed by atoms with Gasteiger partial charge in [-0.25, -0.2) is 4.98 Å². The summed E-state index contributed by atoms with van der Waals surface area (Å²) in [6.07, 6.45) is 0.148. The van der Waals surface area contributed by atoms with E-state index in [4.69, 9.17) is 14.5 Å². The highest BCUT2D eigenvalue weighted by Crippen LogP contribution is 2.22. The highest BCUT2D eigenvalue weighted by molar-refractivity contribution is 7.99. The van der Waals surface area contributed by atoms with Crippen LogP contribution in [0.1, 0.15) is 20.3 Å². The van der Waals surface area contributed by atoms with E-state index >= 15 is 0 Å². The molecule has 4 aromatic rings. The fourth-order valence-electron chi connectivity index (χ4n) is 3.67. The Labute approximate surface area is 203 Å². The van der Waals surface area contributed by atoms with Gasteiger partial charge in [-0.3, -0.25) is 9.36 Å². The Balaban J connectivity index is 1.42. The molecule has 3 aromatic carbocycles. The van der Waals surface area contributed by atoms with Crippen molar-refractivity contribution in [2.75, 3.05) is 19.0 Å². The molecule has 4 rings (SSSR count). The van der Waals surface area contributed by atoms with E-state index in [1.54, 1.807) is 10.6 Å². The summed E-state index contributed by atoms with van der Waals surface area (Å²) >= 11 is 1.37. The molecule has 0 saturated heterocycles. The van der Waals surface area contributed by atoms with E-state index in [1.807, 2.05) is 68.4 Å². The lowest BCUT2D eigenvalue weighted by Crippen LogP contribution is -2.26. The van der Waals surface area contributed by atoms with Gasteiger partial charge in [0.25, 0.3) is 5.56 Å². The largest absolute Gasteiger partial charge is 0.491 e. The predicted octanol–water partition coefficient (Wildman–Crippen LogP) is 4.90. The van der Waals surface area contributed by atoms with Crippen LogP contribution in [0.15, 0.2) is 76.7 Å². The first kappa shape index (κ1) is 24.3. The third-order valence-corrected chi connectivity index (χ3v) is 6.49. The maximum Gasteiger partial charge on any atom is 0.262 e. The van der Waals surface area contributed by atoms with Crippen molar-refractivity contribution in [3.8, 4) is 5.75 Å². The van der Waals surface area contributed by atoms with Crippen molar-refractivity contribution in [1.29, 1.82) is 0 Å². The number of ether oxygens (including phenoxy) is 2. The SMILES string of the molecule is CC(C)OCCCn1c(SCC(O)COc2ccc3ccccc3c2)nc2ccccc2c1=O. The molecule has 0 amide bonds. The van der Waals surface area contributed by atoms with E-state index in [9.17, 15) is 9.90 Å². The Morgan fingerprint density at radius 2 is 1.79 bits per heavy atom. The second kappa shape index (κ2) is 11.5. The van der Waals surface area contributed by atoms with E-state index in [0.717, 1.165) is 10.8 Å². The number of aromatic nitrogens is 2. The lowest BCUT2D eigenvalue weighted by molar-refractivity contribution is 0.0743. The quantitative estimate of drug-likeness (QED) is 0.188. The van der Waals surface area contributed by atoms with Gasteiger partial charge in [0.15, 0.2) is 5.16 Å². The Morgan fingerprint density at radius 1 is 1.03 bits per heavy atom. The maximum atomic E-state index is 13.1. The van der Waals surface area contributed by atoms with E-state index in [0.29, 0.717) is 47.1 Å². The molecule has 178 valence electrons. The molecule has 0 aliphatic rings. The van der Waals surface area contributed by atoms with E-state index in [1.165, 1.54) is 11.8 Å². The number of hydrogen-bond acceptors (Lipinski definition) is 6. The van der Waals surface area contributed by atoms with Gasteiger partial charge in [0.1, 0.15) is 12.4 Å². The van der Waals surface area contributed by atoms with Crippen LogP contribution in [0.2, 0.25) is 0 Å². The number of aliphatic hydroxyl groups is 1. The van der Waals surface area contributed by atoms with Crippen LogP contribution in [0.4, 0.5) is 0 Å². The van der Waals surface area contributed by atoms with Crippen molar-refractivity contribution < 1.29 is 14.6 Å². The van der Waals surface area contributed by atoms with E-state index in [2.05, 4.69) is 6.07 Å². The zero-order valence-electron chi connectivity index (χ0n) is 19.5. The highest BCUT2D eigenvalue weighted by atomic mass is 32.2. The maximum absolute atomic E-state index is 13.1. The molecule has 1 atom stereocenters. The van der Waals surface area contributed by atoms with Gasteiger partial charge in [-0.2, -0.15) is 0 Å². The number of aliphatic hydroxyl groups excluding tert-OH is 1.